The number of nitrogens with one attached hydrogen (secondary N) is 1. The second kappa shape index (κ2) is 5.22. The van der Waals surface area contributed by atoms with E-state index in [9.17, 15) is 8.76 Å². The molecule has 0 aromatic heterocycles. The fourth-order valence-electron chi connectivity index (χ4n) is 1.63. The zero-order valence-corrected chi connectivity index (χ0v) is 11.2. The molecule has 0 bridgehead atoms. The summed E-state index contributed by atoms with van der Waals surface area (Å²) in [6, 6.07) is 11.9. The topological polar surface area (TPSA) is 52.2 Å². The third-order valence-electron chi connectivity index (χ3n) is 2.34. The van der Waals surface area contributed by atoms with Gasteiger partial charge in [-0.25, -0.2) is 4.72 Å². The van der Waals surface area contributed by atoms with E-state index >= 15 is 0 Å². The molecule has 84 valence electrons. The first-order valence-electron chi connectivity index (χ1n) is 4.67. The van der Waals surface area contributed by atoms with Crippen LogP contribution in [0.4, 0.5) is 0 Å². The lowest BCUT2D eigenvalue weighted by atomic mass is 10.1. The summed E-state index contributed by atoms with van der Waals surface area (Å²) >= 11 is 0.0582. The van der Waals surface area contributed by atoms with Gasteiger partial charge in [-0.1, -0.05) is 30.3 Å². The van der Waals surface area contributed by atoms with Crippen molar-refractivity contribution in [1.29, 1.82) is 0 Å². The molecule has 0 saturated carbocycles. The molecule has 1 atom stereocenters. The fraction of sp³-hybridized carbons (Fsp3) is 0.0909. The van der Waals surface area contributed by atoms with Crippen molar-refractivity contribution >= 4 is 44.6 Å². The van der Waals surface area contributed by atoms with E-state index < -0.39 is 11.3 Å². The number of benzene rings is 2. The van der Waals surface area contributed by atoms with Crippen molar-refractivity contribution in [1.82, 2.24) is 4.72 Å². The van der Waals surface area contributed by atoms with Crippen LogP contribution in [0.1, 0.15) is 5.56 Å². The third kappa shape index (κ3) is 2.60. The average Bonchev–Trinajstić information content (AvgIpc) is 2.27. The second-order valence-corrected chi connectivity index (χ2v) is 5.23. The van der Waals surface area contributed by atoms with E-state index in [0.29, 0.717) is 6.54 Å². The summed E-state index contributed by atoms with van der Waals surface area (Å²) < 4.78 is 24.5. The molecule has 2 rings (SSSR count). The highest BCUT2D eigenvalue weighted by Gasteiger charge is 2.02. The number of halogens is 1. The van der Waals surface area contributed by atoms with Crippen LogP contribution < -0.4 is 4.72 Å². The Kier molecular flexibility index (Phi) is 3.91. The van der Waals surface area contributed by atoms with Crippen molar-refractivity contribution in [3.05, 3.63) is 45.5 Å². The molecule has 0 heterocycles. The minimum absolute atomic E-state index is 0.327. The molecule has 3 nitrogen and oxygen atoms in total. The van der Waals surface area contributed by atoms with Gasteiger partial charge in [0.15, 0.2) is 0 Å². The molecule has 0 saturated heterocycles. The van der Waals surface area contributed by atoms with E-state index in [1.807, 2.05) is 36.4 Å². The first-order valence-corrected chi connectivity index (χ1v) is 6.83. The van der Waals surface area contributed by atoms with Gasteiger partial charge in [0.25, 0.3) is 0 Å². The molecule has 0 aliphatic carbocycles. The summed E-state index contributed by atoms with van der Waals surface area (Å²) in [6.45, 7) is 0.327. The average molecular weight is 346 g/mol. The molecule has 1 unspecified atom stereocenters. The van der Waals surface area contributed by atoms with Crippen LogP contribution in [0.5, 0.6) is 0 Å². The van der Waals surface area contributed by atoms with Crippen molar-refractivity contribution in [3.63, 3.8) is 0 Å². The Hall–Kier alpha value is -0.500. The van der Waals surface area contributed by atoms with E-state index in [0.717, 1.165) is 16.3 Å². The first-order chi connectivity index (χ1) is 7.68. The Bertz CT molecular complexity index is 544. The van der Waals surface area contributed by atoms with E-state index in [1.54, 1.807) is 0 Å². The van der Waals surface area contributed by atoms with Gasteiger partial charge in [-0.3, -0.25) is 4.21 Å². The van der Waals surface area contributed by atoms with Crippen LogP contribution in [0.25, 0.3) is 10.8 Å². The predicted octanol–water partition coefficient (Wildman–Crippen LogP) is 2.33. The second-order valence-electron chi connectivity index (χ2n) is 3.31. The number of hydrogen-bond donors (Lipinski definition) is 1. The summed E-state index contributed by atoms with van der Waals surface area (Å²) in [7, 11) is 0. The van der Waals surface area contributed by atoms with Gasteiger partial charge < -0.3 is 4.55 Å². The van der Waals surface area contributed by atoms with Gasteiger partial charge in [-0.15, -0.1) is 0 Å². The van der Waals surface area contributed by atoms with Crippen molar-refractivity contribution in [2.24, 2.45) is 0 Å². The molecule has 0 aliphatic rings. The van der Waals surface area contributed by atoms with Crippen molar-refractivity contribution in [3.8, 4) is 0 Å². The normalized spacial score (nSPS) is 12.9. The van der Waals surface area contributed by atoms with E-state index in [4.69, 9.17) is 0 Å². The molecule has 1 N–H and O–H groups in total. The maximum atomic E-state index is 10.5. The lowest BCUT2D eigenvalue weighted by molar-refractivity contribution is 0.523. The monoisotopic (exact) mass is 346 g/mol. The minimum atomic E-state index is -2.22. The van der Waals surface area contributed by atoms with E-state index in [-0.39, 0.29) is 0 Å². The van der Waals surface area contributed by atoms with Gasteiger partial charge in [0.05, 0.1) is 0 Å². The summed E-state index contributed by atoms with van der Waals surface area (Å²) in [5.74, 6) is 0. The van der Waals surface area contributed by atoms with Crippen LogP contribution >= 0.6 is 22.6 Å². The largest absolute Gasteiger partial charge is 0.760 e. The Morgan fingerprint density at radius 2 is 1.88 bits per heavy atom. The number of rotatable bonds is 3. The SMILES string of the molecule is O=S([O-])NCc1cccc2c(I)cccc12. The molecule has 0 spiro atoms. The van der Waals surface area contributed by atoms with Crippen molar-refractivity contribution in [2.75, 3.05) is 0 Å². The molecule has 0 aliphatic heterocycles. The van der Waals surface area contributed by atoms with Crippen LogP contribution in [-0.2, 0) is 17.8 Å². The third-order valence-corrected chi connectivity index (χ3v) is 3.66. The Morgan fingerprint density at radius 1 is 1.19 bits per heavy atom. The minimum Gasteiger partial charge on any atom is -0.760 e. The van der Waals surface area contributed by atoms with E-state index in [1.165, 1.54) is 3.57 Å². The van der Waals surface area contributed by atoms with Crippen LogP contribution in [0.3, 0.4) is 0 Å². The van der Waals surface area contributed by atoms with Crippen LogP contribution in [0, 0.1) is 3.57 Å². The summed E-state index contributed by atoms with van der Waals surface area (Å²) in [5.41, 5.74) is 0.986. The highest BCUT2D eigenvalue weighted by atomic mass is 127. The van der Waals surface area contributed by atoms with Crippen LogP contribution in [-0.4, -0.2) is 8.76 Å². The van der Waals surface area contributed by atoms with Crippen molar-refractivity contribution < 1.29 is 8.76 Å². The zero-order chi connectivity index (χ0) is 11.5. The molecule has 2 aromatic carbocycles. The predicted molar refractivity (Wildman–Crippen MR) is 72.4 cm³/mol. The Morgan fingerprint density at radius 3 is 2.62 bits per heavy atom. The maximum Gasteiger partial charge on any atom is 0.0328 e. The molecule has 2 aromatic rings. The molecular weight excluding hydrogens is 337 g/mol. The molecule has 0 amide bonds. The quantitative estimate of drug-likeness (QED) is 0.685. The summed E-state index contributed by atoms with van der Waals surface area (Å²) in [6.07, 6.45) is 0. The smallest absolute Gasteiger partial charge is 0.0328 e. The van der Waals surface area contributed by atoms with Gasteiger partial charge in [0.2, 0.25) is 0 Å². The first kappa shape index (κ1) is 12.0. The number of fused-ring (bicyclic) bond motifs is 1. The van der Waals surface area contributed by atoms with Crippen LogP contribution in [0.2, 0.25) is 0 Å². The van der Waals surface area contributed by atoms with E-state index in [2.05, 4.69) is 27.3 Å². The highest BCUT2D eigenvalue weighted by Crippen LogP contribution is 2.23. The van der Waals surface area contributed by atoms with Crippen LogP contribution in [0.15, 0.2) is 36.4 Å². The van der Waals surface area contributed by atoms with Crippen molar-refractivity contribution in [2.45, 2.75) is 6.54 Å². The number of hydrogen-bond acceptors (Lipinski definition) is 2. The molecule has 5 heteroatoms. The maximum absolute atomic E-state index is 10.5. The van der Waals surface area contributed by atoms with Gasteiger partial charge >= 0.3 is 0 Å². The fourth-order valence-corrected chi connectivity index (χ4v) is 2.58. The lowest BCUT2D eigenvalue weighted by Crippen LogP contribution is -2.15. The molecule has 0 fully saturated rings. The molecule has 16 heavy (non-hydrogen) atoms. The molecular formula is C11H9INO2S-. The van der Waals surface area contributed by atoms with Gasteiger partial charge in [-0.05, 0) is 45.0 Å². The Labute approximate surface area is 110 Å². The lowest BCUT2D eigenvalue weighted by Gasteiger charge is -2.10. The summed E-state index contributed by atoms with van der Waals surface area (Å²) in [4.78, 5) is 0. The molecule has 0 radical (unpaired) electrons. The van der Waals surface area contributed by atoms with Gasteiger partial charge in [-0.2, -0.15) is 0 Å². The standard InChI is InChI=1S/C11H10INO2S/c12-11-6-2-4-9-8(7-13-16(14)15)3-1-5-10(9)11/h1-6,13H,7H2,(H,14,15)/p-1. The Balaban J connectivity index is 2.45. The van der Waals surface area contributed by atoms with Gasteiger partial charge in [0, 0.05) is 21.4 Å². The van der Waals surface area contributed by atoms with Gasteiger partial charge in [0.1, 0.15) is 0 Å². The summed E-state index contributed by atoms with van der Waals surface area (Å²) in [5, 5.41) is 2.24. The zero-order valence-electron chi connectivity index (χ0n) is 8.27. The highest BCUT2D eigenvalue weighted by molar-refractivity contribution is 14.1.